The van der Waals surface area contributed by atoms with Crippen molar-refractivity contribution in [2.45, 2.75) is 12.8 Å². The molecule has 0 atom stereocenters. The van der Waals surface area contributed by atoms with Gasteiger partial charge in [0.2, 0.25) is 0 Å². The van der Waals surface area contributed by atoms with Crippen molar-refractivity contribution in [2.75, 3.05) is 0 Å². The largest absolute Gasteiger partial charge is 0.387 e. The Labute approximate surface area is 127 Å². The molecular weight excluding hydrogens is 278 g/mol. The number of fused-ring (bicyclic) bond motifs is 1. The molecule has 0 bridgehead atoms. The van der Waals surface area contributed by atoms with E-state index in [0.29, 0.717) is 5.92 Å². The smallest absolute Gasteiger partial charge is 0.124 e. The molecule has 0 amide bonds. The van der Waals surface area contributed by atoms with Crippen LogP contribution >= 0.6 is 11.3 Å². The molecule has 2 N–H and O–H groups in total. The lowest BCUT2D eigenvalue weighted by molar-refractivity contribution is 1.15. The maximum atomic E-state index is 5.98. The topological polar surface area (TPSA) is 51.3 Å². The van der Waals surface area contributed by atoms with Crippen LogP contribution in [0.2, 0.25) is 0 Å². The Morgan fingerprint density at radius 2 is 1.95 bits per heavy atom. The summed E-state index contributed by atoms with van der Waals surface area (Å²) >= 11 is 1.71. The molecule has 1 heterocycles. The number of hydrogen-bond acceptors (Lipinski definition) is 3. The lowest BCUT2D eigenvalue weighted by Crippen LogP contribution is -2.12. The highest BCUT2D eigenvalue weighted by Gasteiger charge is 2.25. The molecule has 1 aliphatic rings. The summed E-state index contributed by atoms with van der Waals surface area (Å²) in [7, 11) is 0. The minimum absolute atomic E-state index is 0.496. The first kappa shape index (κ1) is 12.5. The van der Waals surface area contributed by atoms with E-state index in [-0.39, 0.29) is 0 Å². The van der Waals surface area contributed by atoms with Crippen molar-refractivity contribution < 1.29 is 0 Å². The maximum absolute atomic E-state index is 5.98. The lowest BCUT2D eigenvalue weighted by atomic mass is 10.2. The van der Waals surface area contributed by atoms with Crippen molar-refractivity contribution in [3.05, 3.63) is 48.5 Å². The standard InChI is InChI=1S/C17H15N3S/c18-16(11-6-7-11)19-13-8-9-15-14(10-13)20-17(21-15)12-4-2-1-3-5-12/h1-5,8-11H,6-7H2,(H2,18,19). The molecule has 1 aliphatic carbocycles. The molecule has 4 rings (SSSR count). The van der Waals surface area contributed by atoms with Crippen molar-refractivity contribution in [2.24, 2.45) is 16.6 Å². The summed E-state index contributed by atoms with van der Waals surface area (Å²) in [5.74, 6) is 1.25. The number of nitrogens with zero attached hydrogens (tertiary/aromatic N) is 2. The molecule has 3 nitrogen and oxygen atoms in total. The van der Waals surface area contributed by atoms with E-state index in [9.17, 15) is 0 Å². The Hall–Kier alpha value is -2.20. The fraction of sp³-hybridized carbons (Fsp3) is 0.176. The third-order valence-electron chi connectivity index (χ3n) is 3.65. The molecule has 0 radical (unpaired) electrons. The number of hydrogen-bond donors (Lipinski definition) is 1. The van der Waals surface area contributed by atoms with Gasteiger partial charge in [0, 0.05) is 11.5 Å². The number of aliphatic imine (C=N–C) groups is 1. The van der Waals surface area contributed by atoms with E-state index in [0.717, 1.165) is 27.6 Å². The first-order valence-electron chi connectivity index (χ1n) is 7.10. The van der Waals surface area contributed by atoms with Crippen LogP contribution in [0.3, 0.4) is 0 Å². The highest BCUT2D eigenvalue weighted by Crippen LogP contribution is 2.33. The predicted molar refractivity (Wildman–Crippen MR) is 89.1 cm³/mol. The van der Waals surface area contributed by atoms with Gasteiger partial charge in [-0.25, -0.2) is 9.98 Å². The summed E-state index contributed by atoms with van der Waals surface area (Å²) < 4.78 is 1.18. The van der Waals surface area contributed by atoms with Gasteiger partial charge in [0.15, 0.2) is 0 Å². The average molecular weight is 293 g/mol. The lowest BCUT2D eigenvalue weighted by Gasteiger charge is -1.97. The molecule has 1 aromatic heterocycles. The molecule has 3 aromatic rings. The first-order chi connectivity index (χ1) is 10.3. The molecule has 21 heavy (non-hydrogen) atoms. The summed E-state index contributed by atoms with van der Waals surface area (Å²) in [5.41, 5.74) is 9.03. The minimum Gasteiger partial charge on any atom is -0.387 e. The molecule has 1 fully saturated rings. The summed E-state index contributed by atoms with van der Waals surface area (Å²) in [6, 6.07) is 16.4. The van der Waals surface area contributed by atoms with Gasteiger partial charge in [-0.2, -0.15) is 0 Å². The molecule has 0 unspecified atom stereocenters. The van der Waals surface area contributed by atoms with E-state index < -0.39 is 0 Å². The maximum Gasteiger partial charge on any atom is 0.124 e. The number of aromatic nitrogens is 1. The van der Waals surface area contributed by atoms with E-state index in [1.807, 2.05) is 30.3 Å². The van der Waals surface area contributed by atoms with Gasteiger partial charge in [0.25, 0.3) is 0 Å². The Morgan fingerprint density at radius 3 is 2.71 bits per heavy atom. The number of amidine groups is 1. The quantitative estimate of drug-likeness (QED) is 0.576. The molecule has 104 valence electrons. The van der Waals surface area contributed by atoms with Gasteiger partial charge >= 0.3 is 0 Å². The Kier molecular flexibility index (Phi) is 2.97. The van der Waals surface area contributed by atoms with Crippen molar-refractivity contribution in [3.63, 3.8) is 0 Å². The van der Waals surface area contributed by atoms with Gasteiger partial charge in [-0.1, -0.05) is 30.3 Å². The van der Waals surface area contributed by atoms with E-state index in [1.54, 1.807) is 11.3 Å². The van der Waals surface area contributed by atoms with Crippen molar-refractivity contribution in [1.82, 2.24) is 4.98 Å². The number of nitrogens with two attached hydrogens (primary N) is 1. The van der Waals surface area contributed by atoms with Crippen molar-refractivity contribution in [3.8, 4) is 10.6 Å². The number of benzene rings is 2. The van der Waals surface area contributed by atoms with Gasteiger partial charge in [0.1, 0.15) is 10.8 Å². The van der Waals surface area contributed by atoms with Crippen molar-refractivity contribution >= 4 is 33.1 Å². The third kappa shape index (κ3) is 2.54. The average Bonchev–Trinajstić information content (AvgIpc) is 3.28. The molecule has 0 saturated heterocycles. The zero-order valence-corrected chi connectivity index (χ0v) is 12.3. The second-order valence-electron chi connectivity index (χ2n) is 5.35. The Morgan fingerprint density at radius 1 is 1.14 bits per heavy atom. The van der Waals surface area contributed by atoms with E-state index >= 15 is 0 Å². The van der Waals surface area contributed by atoms with Crippen LogP contribution in [0, 0.1) is 5.92 Å². The monoisotopic (exact) mass is 293 g/mol. The van der Waals surface area contributed by atoms with E-state index in [4.69, 9.17) is 10.7 Å². The van der Waals surface area contributed by atoms with Crippen LogP contribution in [0.15, 0.2) is 53.5 Å². The van der Waals surface area contributed by atoms with Crippen LogP contribution in [0.1, 0.15) is 12.8 Å². The van der Waals surface area contributed by atoms with Gasteiger partial charge < -0.3 is 5.73 Å². The van der Waals surface area contributed by atoms with Crippen LogP contribution in [-0.4, -0.2) is 10.8 Å². The van der Waals surface area contributed by atoms with Crippen molar-refractivity contribution in [1.29, 1.82) is 0 Å². The Balaban J connectivity index is 1.73. The van der Waals surface area contributed by atoms with Crippen LogP contribution < -0.4 is 5.73 Å². The SMILES string of the molecule is NC(=Nc1ccc2sc(-c3ccccc3)nc2c1)C1CC1. The van der Waals surface area contributed by atoms with Crippen LogP contribution in [0.4, 0.5) is 5.69 Å². The zero-order chi connectivity index (χ0) is 14.2. The first-order valence-corrected chi connectivity index (χ1v) is 7.91. The van der Waals surface area contributed by atoms with Gasteiger partial charge in [-0.05, 0) is 31.0 Å². The van der Waals surface area contributed by atoms with Gasteiger partial charge in [-0.3, -0.25) is 0 Å². The molecule has 0 aliphatic heterocycles. The number of rotatable bonds is 3. The highest BCUT2D eigenvalue weighted by atomic mass is 32.1. The Bertz CT molecular complexity index is 816. The van der Waals surface area contributed by atoms with E-state index in [1.165, 1.54) is 17.5 Å². The fourth-order valence-electron chi connectivity index (χ4n) is 2.31. The molecule has 1 saturated carbocycles. The van der Waals surface area contributed by atoms with Crippen LogP contribution in [0.5, 0.6) is 0 Å². The third-order valence-corrected chi connectivity index (χ3v) is 4.73. The number of thiazole rings is 1. The summed E-state index contributed by atoms with van der Waals surface area (Å²) in [5, 5.41) is 1.04. The normalized spacial score (nSPS) is 15.5. The second kappa shape index (κ2) is 4.97. The minimum atomic E-state index is 0.496. The molecule has 4 heteroatoms. The highest BCUT2D eigenvalue weighted by molar-refractivity contribution is 7.21. The van der Waals surface area contributed by atoms with Gasteiger partial charge in [0.05, 0.1) is 15.9 Å². The predicted octanol–water partition coefficient (Wildman–Crippen LogP) is 4.36. The van der Waals surface area contributed by atoms with E-state index in [2.05, 4.69) is 23.2 Å². The van der Waals surface area contributed by atoms with Crippen LogP contribution in [0.25, 0.3) is 20.8 Å². The molecular formula is C17H15N3S. The summed E-state index contributed by atoms with van der Waals surface area (Å²) in [4.78, 5) is 9.23. The fourth-order valence-corrected chi connectivity index (χ4v) is 3.26. The summed E-state index contributed by atoms with van der Waals surface area (Å²) in [6.07, 6.45) is 2.35. The molecule has 0 spiro atoms. The van der Waals surface area contributed by atoms with Gasteiger partial charge in [-0.15, -0.1) is 11.3 Å². The molecule has 2 aromatic carbocycles. The second-order valence-corrected chi connectivity index (χ2v) is 6.38. The zero-order valence-electron chi connectivity index (χ0n) is 11.5. The summed E-state index contributed by atoms with van der Waals surface area (Å²) in [6.45, 7) is 0. The van der Waals surface area contributed by atoms with Crippen LogP contribution in [-0.2, 0) is 0 Å².